The molecular formula is C32H34ClF3N4O5S. The number of thioether (sulfide) groups is 1. The van der Waals surface area contributed by atoms with Crippen LogP contribution in [0.2, 0.25) is 5.02 Å². The van der Waals surface area contributed by atoms with Crippen LogP contribution in [0.4, 0.5) is 13.2 Å². The Morgan fingerprint density at radius 1 is 1.17 bits per heavy atom. The van der Waals surface area contributed by atoms with Crippen molar-refractivity contribution < 1.29 is 32.9 Å². The van der Waals surface area contributed by atoms with Crippen molar-refractivity contribution in [3.8, 4) is 16.9 Å². The van der Waals surface area contributed by atoms with E-state index in [-0.39, 0.29) is 50.7 Å². The molecule has 0 spiro atoms. The van der Waals surface area contributed by atoms with Gasteiger partial charge in [0.15, 0.2) is 5.60 Å². The van der Waals surface area contributed by atoms with Gasteiger partial charge in [-0.15, -0.1) is 11.8 Å². The molecule has 0 amide bonds. The van der Waals surface area contributed by atoms with E-state index in [4.69, 9.17) is 21.3 Å². The van der Waals surface area contributed by atoms with E-state index in [9.17, 15) is 33.0 Å². The van der Waals surface area contributed by atoms with Crippen molar-refractivity contribution in [2.24, 2.45) is 0 Å². The molecule has 4 heterocycles. The highest BCUT2D eigenvalue weighted by Crippen LogP contribution is 2.47. The third-order valence-corrected chi connectivity index (χ3v) is 10.8. The van der Waals surface area contributed by atoms with Crippen molar-refractivity contribution in [3.05, 3.63) is 68.1 Å². The average molecular weight is 679 g/mol. The number of aryl methyl sites for hydroxylation is 3. The van der Waals surface area contributed by atoms with Crippen LogP contribution < -0.4 is 10.3 Å². The zero-order chi connectivity index (χ0) is 33.0. The van der Waals surface area contributed by atoms with Crippen LogP contribution in [0, 0.1) is 13.8 Å². The summed E-state index contributed by atoms with van der Waals surface area (Å²) >= 11 is 7.82. The molecule has 2 N–H and O–H groups in total. The maximum atomic E-state index is 13.7. The molecule has 2 unspecified atom stereocenters. The number of carbonyl (C=O) groups is 1. The summed E-state index contributed by atoms with van der Waals surface area (Å²) in [6, 6.07) is 7.01. The summed E-state index contributed by atoms with van der Waals surface area (Å²) in [7, 11) is 0. The number of halogens is 4. The fourth-order valence-corrected chi connectivity index (χ4v) is 8.19. The number of carboxylic acids is 1. The topological polar surface area (TPSA) is 118 Å². The maximum absolute atomic E-state index is 13.7. The molecule has 2 aliphatic heterocycles. The lowest BCUT2D eigenvalue weighted by atomic mass is 9.86. The molecule has 6 rings (SSSR count). The Morgan fingerprint density at radius 2 is 1.91 bits per heavy atom. The van der Waals surface area contributed by atoms with Crippen LogP contribution in [0.5, 0.6) is 5.75 Å². The van der Waals surface area contributed by atoms with Gasteiger partial charge in [-0.25, -0.2) is 4.98 Å². The summed E-state index contributed by atoms with van der Waals surface area (Å²) in [6.07, 6.45) is -3.82. The van der Waals surface area contributed by atoms with Crippen LogP contribution in [0.1, 0.15) is 53.7 Å². The summed E-state index contributed by atoms with van der Waals surface area (Å²) in [6.45, 7) is 4.14. The van der Waals surface area contributed by atoms with Gasteiger partial charge in [0, 0.05) is 57.2 Å². The molecule has 3 aromatic rings. The number of nitrogens with zero attached hydrogens (tertiary/aromatic N) is 4. The number of carboxylic acid groups (broad SMARTS) is 1. The lowest BCUT2D eigenvalue weighted by molar-refractivity contribution is -0.273. The molecule has 9 nitrogen and oxygen atoms in total. The van der Waals surface area contributed by atoms with Crippen molar-refractivity contribution in [2.75, 3.05) is 25.4 Å². The van der Waals surface area contributed by atoms with Gasteiger partial charge in [0.2, 0.25) is 0 Å². The number of fused-ring (bicyclic) bond motifs is 2. The van der Waals surface area contributed by atoms with E-state index in [1.165, 1.54) is 11.8 Å². The lowest BCUT2D eigenvalue weighted by Gasteiger charge is -2.43. The molecule has 0 radical (unpaired) electrons. The molecule has 46 heavy (non-hydrogen) atoms. The second kappa shape index (κ2) is 12.5. The number of pyridine rings is 1. The number of hydrogen-bond donors (Lipinski definition) is 2. The van der Waals surface area contributed by atoms with Crippen molar-refractivity contribution in [1.82, 2.24) is 19.4 Å². The van der Waals surface area contributed by atoms with E-state index in [0.717, 1.165) is 16.2 Å². The van der Waals surface area contributed by atoms with E-state index in [1.807, 2.05) is 17.9 Å². The predicted molar refractivity (Wildman–Crippen MR) is 167 cm³/mol. The molecule has 0 bridgehead atoms. The highest BCUT2D eigenvalue weighted by molar-refractivity contribution is 7.99. The number of rotatable bonds is 7. The molecule has 2 aromatic heterocycles. The van der Waals surface area contributed by atoms with Crippen molar-refractivity contribution >= 4 is 29.3 Å². The third kappa shape index (κ3) is 6.14. The van der Waals surface area contributed by atoms with Gasteiger partial charge < -0.3 is 14.9 Å². The van der Waals surface area contributed by atoms with Crippen molar-refractivity contribution in [1.29, 1.82) is 0 Å². The smallest absolute Gasteiger partial charge is 0.417 e. The quantitative estimate of drug-likeness (QED) is 0.349. The van der Waals surface area contributed by atoms with Gasteiger partial charge in [0.1, 0.15) is 24.1 Å². The van der Waals surface area contributed by atoms with Gasteiger partial charge in [-0.05, 0) is 70.2 Å². The zero-order valence-corrected chi connectivity index (χ0v) is 26.9. The number of ether oxygens (including phenoxy) is 1. The van der Waals surface area contributed by atoms with Gasteiger partial charge in [0.05, 0.1) is 17.9 Å². The van der Waals surface area contributed by atoms with E-state index in [1.54, 1.807) is 29.7 Å². The highest BCUT2D eigenvalue weighted by Gasteiger charge is 2.55. The van der Waals surface area contributed by atoms with Crippen LogP contribution >= 0.6 is 23.4 Å². The summed E-state index contributed by atoms with van der Waals surface area (Å²) in [5, 5.41) is 20.3. The minimum absolute atomic E-state index is 0.104. The van der Waals surface area contributed by atoms with Crippen molar-refractivity contribution in [3.63, 3.8) is 0 Å². The molecule has 14 heteroatoms. The number of benzene rings is 1. The van der Waals surface area contributed by atoms with Gasteiger partial charge in [0.25, 0.3) is 5.56 Å². The zero-order valence-electron chi connectivity index (χ0n) is 25.4. The number of hydrogen-bond acceptors (Lipinski definition) is 8. The lowest BCUT2D eigenvalue weighted by Crippen LogP contribution is -2.56. The molecule has 1 aromatic carbocycles. The first-order chi connectivity index (χ1) is 21.8. The number of aliphatic hydroxyl groups is 1. The second-order valence-corrected chi connectivity index (χ2v) is 13.7. The molecular weight excluding hydrogens is 645 g/mol. The number of aliphatic carboxylic acids is 1. The first kappa shape index (κ1) is 32.8. The summed E-state index contributed by atoms with van der Waals surface area (Å²) in [5.74, 6) is -0.169. The Balaban J connectivity index is 1.19. The molecule has 1 fully saturated rings. The van der Waals surface area contributed by atoms with Crippen LogP contribution in [-0.4, -0.2) is 78.9 Å². The largest absolute Gasteiger partial charge is 0.491 e. The summed E-state index contributed by atoms with van der Waals surface area (Å²) in [4.78, 5) is 37.5. The van der Waals surface area contributed by atoms with Crippen LogP contribution in [-0.2, 0) is 24.2 Å². The monoisotopic (exact) mass is 678 g/mol. The molecule has 2 atom stereocenters. The minimum atomic E-state index is -4.66. The summed E-state index contributed by atoms with van der Waals surface area (Å²) < 4.78 is 47.7. The standard InChI is InChI=1S/C32H34ClF3N4O5S/c1-17-13-22(28-27(37-17)24(16-46-28)30(42)43)21-14-19(33)3-6-26(21)45-12-11-40-18(2)38-25-5-4-20(15-23(25)29(40)41)39-9-7-31(44,8-10-39)32(34,35)36/h3,6,13-14,20,24,44H,4-5,7-12,15-16H2,1-2H3,(H,42,43). The van der Waals surface area contributed by atoms with Gasteiger partial charge in [-0.2, -0.15) is 13.2 Å². The number of likely N-dealkylation sites (tertiary alicyclic amines) is 1. The SMILES string of the molecule is Cc1cc(-c2cc(Cl)ccc2OCCn2c(C)nc3c(c2=O)CC(N2CCC(O)(C(F)(F)F)CC2)CC3)c2c(n1)C(C(=O)O)CS2. The van der Waals surface area contributed by atoms with Gasteiger partial charge >= 0.3 is 12.1 Å². The van der Waals surface area contributed by atoms with Gasteiger partial charge in [-0.1, -0.05) is 11.6 Å². The molecule has 1 aliphatic carbocycles. The van der Waals surface area contributed by atoms with E-state index >= 15 is 0 Å². The van der Waals surface area contributed by atoms with E-state index < -0.39 is 23.7 Å². The average Bonchev–Trinajstić information content (AvgIpc) is 3.43. The fraction of sp³-hybridized carbons (Fsp3) is 0.500. The molecule has 246 valence electrons. The van der Waals surface area contributed by atoms with Crippen LogP contribution in [0.3, 0.4) is 0 Å². The van der Waals surface area contributed by atoms with E-state index in [2.05, 4.69) is 4.98 Å². The fourth-order valence-electron chi connectivity index (χ4n) is 6.72. The first-order valence-corrected chi connectivity index (χ1v) is 16.5. The Morgan fingerprint density at radius 3 is 2.61 bits per heavy atom. The Kier molecular flexibility index (Phi) is 8.90. The molecule has 3 aliphatic rings. The van der Waals surface area contributed by atoms with Gasteiger partial charge in [-0.3, -0.25) is 24.0 Å². The third-order valence-electron chi connectivity index (χ3n) is 9.32. The molecule has 1 saturated heterocycles. The first-order valence-electron chi connectivity index (χ1n) is 15.2. The summed E-state index contributed by atoms with van der Waals surface area (Å²) in [5.41, 5.74) is 1.12. The van der Waals surface area contributed by atoms with Crippen LogP contribution in [0.25, 0.3) is 11.1 Å². The number of piperidine rings is 1. The normalized spacial score (nSPS) is 21.1. The Labute approximate surface area is 272 Å². The highest BCUT2D eigenvalue weighted by atomic mass is 35.5. The Hall–Kier alpha value is -3.13. The Bertz CT molecular complexity index is 1740. The maximum Gasteiger partial charge on any atom is 0.417 e. The van der Waals surface area contributed by atoms with E-state index in [0.29, 0.717) is 64.1 Å². The van der Waals surface area contributed by atoms with Crippen LogP contribution in [0.15, 0.2) is 34.0 Å². The number of alkyl halides is 3. The number of aromatic nitrogens is 3. The van der Waals surface area contributed by atoms with Crippen molar-refractivity contribution in [2.45, 2.75) is 81.1 Å². The second-order valence-electron chi connectivity index (χ2n) is 12.2. The minimum Gasteiger partial charge on any atom is -0.491 e. The molecule has 0 saturated carbocycles. The predicted octanol–water partition coefficient (Wildman–Crippen LogP) is 5.17.